The highest BCUT2D eigenvalue weighted by molar-refractivity contribution is 6.03. The van der Waals surface area contributed by atoms with Gasteiger partial charge in [-0.25, -0.2) is 4.79 Å². The molecule has 0 radical (unpaired) electrons. The summed E-state index contributed by atoms with van der Waals surface area (Å²) in [6.07, 6.45) is 1.81. The highest BCUT2D eigenvalue weighted by Gasteiger charge is 2.06. The number of rotatable bonds is 3. The SMILES string of the molecule is Cc1cc(C)c(NC(=O)C=CC(=O)O)c(C)c1. The molecule has 0 bridgehead atoms. The summed E-state index contributed by atoms with van der Waals surface area (Å²) in [4.78, 5) is 21.7. The summed E-state index contributed by atoms with van der Waals surface area (Å²) >= 11 is 0. The van der Waals surface area contributed by atoms with Crippen molar-refractivity contribution >= 4 is 17.6 Å². The molecule has 90 valence electrons. The van der Waals surface area contributed by atoms with E-state index in [-0.39, 0.29) is 0 Å². The van der Waals surface area contributed by atoms with E-state index in [9.17, 15) is 9.59 Å². The lowest BCUT2D eigenvalue weighted by atomic mass is 10.1. The van der Waals surface area contributed by atoms with Gasteiger partial charge in [-0.3, -0.25) is 4.79 Å². The molecule has 0 aromatic heterocycles. The Morgan fingerprint density at radius 2 is 1.65 bits per heavy atom. The van der Waals surface area contributed by atoms with Crippen LogP contribution < -0.4 is 5.32 Å². The summed E-state index contributed by atoms with van der Waals surface area (Å²) in [5.74, 6) is -1.58. The third-order valence-electron chi connectivity index (χ3n) is 2.30. The van der Waals surface area contributed by atoms with E-state index in [0.717, 1.165) is 34.5 Å². The van der Waals surface area contributed by atoms with Gasteiger partial charge in [-0.1, -0.05) is 17.7 Å². The molecule has 17 heavy (non-hydrogen) atoms. The van der Waals surface area contributed by atoms with Crippen LogP contribution in [0.2, 0.25) is 0 Å². The fourth-order valence-corrected chi connectivity index (χ4v) is 1.69. The normalized spacial score (nSPS) is 10.5. The molecule has 0 fully saturated rings. The Bertz CT molecular complexity index is 466. The van der Waals surface area contributed by atoms with Gasteiger partial charge in [0.1, 0.15) is 0 Å². The Hall–Kier alpha value is -2.10. The highest BCUT2D eigenvalue weighted by atomic mass is 16.4. The van der Waals surface area contributed by atoms with Gasteiger partial charge in [0, 0.05) is 17.8 Å². The van der Waals surface area contributed by atoms with Crippen molar-refractivity contribution in [2.45, 2.75) is 20.8 Å². The van der Waals surface area contributed by atoms with Crippen LogP contribution >= 0.6 is 0 Å². The molecule has 1 rings (SSSR count). The lowest BCUT2D eigenvalue weighted by Crippen LogP contribution is -2.11. The molecule has 0 aliphatic rings. The Morgan fingerprint density at radius 1 is 1.12 bits per heavy atom. The first-order chi connectivity index (χ1) is 7.90. The Kier molecular flexibility index (Phi) is 4.04. The van der Waals surface area contributed by atoms with Gasteiger partial charge in [0.15, 0.2) is 0 Å². The smallest absolute Gasteiger partial charge is 0.328 e. The largest absolute Gasteiger partial charge is 0.478 e. The summed E-state index contributed by atoms with van der Waals surface area (Å²) in [5, 5.41) is 11.1. The molecule has 0 spiro atoms. The zero-order valence-corrected chi connectivity index (χ0v) is 10.1. The average Bonchev–Trinajstić information content (AvgIpc) is 2.20. The van der Waals surface area contributed by atoms with Gasteiger partial charge in [-0.2, -0.15) is 0 Å². The van der Waals surface area contributed by atoms with Gasteiger partial charge >= 0.3 is 5.97 Å². The Morgan fingerprint density at radius 3 is 2.12 bits per heavy atom. The molecule has 0 heterocycles. The second kappa shape index (κ2) is 5.30. The second-order valence-corrected chi connectivity index (χ2v) is 3.93. The van der Waals surface area contributed by atoms with E-state index in [1.807, 2.05) is 32.9 Å². The minimum Gasteiger partial charge on any atom is -0.478 e. The third kappa shape index (κ3) is 3.75. The zero-order chi connectivity index (χ0) is 13.0. The van der Waals surface area contributed by atoms with Crippen LogP contribution in [-0.2, 0) is 9.59 Å². The predicted molar refractivity (Wildman–Crippen MR) is 66.1 cm³/mol. The van der Waals surface area contributed by atoms with Gasteiger partial charge in [0.25, 0.3) is 0 Å². The molecule has 4 nitrogen and oxygen atoms in total. The van der Waals surface area contributed by atoms with Gasteiger partial charge in [0.05, 0.1) is 0 Å². The number of carboxylic acid groups (broad SMARTS) is 1. The first kappa shape index (κ1) is 13.0. The summed E-state index contributed by atoms with van der Waals surface area (Å²) in [6, 6.07) is 3.92. The van der Waals surface area contributed by atoms with E-state index >= 15 is 0 Å². The van der Waals surface area contributed by atoms with Crippen molar-refractivity contribution in [1.82, 2.24) is 0 Å². The molecule has 2 N–H and O–H groups in total. The molecule has 0 saturated carbocycles. The first-order valence-electron chi connectivity index (χ1n) is 5.20. The second-order valence-electron chi connectivity index (χ2n) is 3.93. The van der Waals surface area contributed by atoms with Crippen molar-refractivity contribution in [3.8, 4) is 0 Å². The first-order valence-corrected chi connectivity index (χ1v) is 5.20. The van der Waals surface area contributed by atoms with Gasteiger partial charge < -0.3 is 10.4 Å². The van der Waals surface area contributed by atoms with Crippen LogP contribution in [0.1, 0.15) is 16.7 Å². The molecule has 1 aromatic rings. The number of carbonyl (C=O) groups excluding carboxylic acids is 1. The molecule has 0 atom stereocenters. The van der Waals surface area contributed by atoms with Crippen molar-refractivity contribution in [2.24, 2.45) is 0 Å². The maximum absolute atomic E-state index is 11.4. The predicted octanol–water partition coefficient (Wildman–Crippen LogP) is 2.19. The Balaban J connectivity index is 2.89. The molecule has 0 aliphatic carbocycles. The average molecular weight is 233 g/mol. The minimum atomic E-state index is -1.14. The topological polar surface area (TPSA) is 66.4 Å². The molecular weight excluding hydrogens is 218 g/mol. The van der Waals surface area contributed by atoms with Crippen LogP contribution in [0.15, 0.2) is 24.3 Å². The van der Waals surface area contributed by atoms with E-state index in [0.29, 0.717) is 0 Å². The maximum atomic E-state index is 11.4. The number of hydrogen-bond acceptors (Lipinski definition) is 2. The summed E-state index contributed by atoms with van der Waals surface area (Å²) in [7, 11) is 0. The van der Waals surface area contributed by atoms with Crippen molar-refractivity contribution in [3.05, 3.63) is 41.0 Å². The molecule has 4 heteroatoms. The van der Waals surface area contributed by atoms with Crippen LogP contribution in [0.4, 0.5) is 5.69 Å². The maximum Gasteiger partial charge on any atom is 0.328 e. The van der Waals surface area contributed by atoms with Gasteiger partial charge in [-0.15, -0.1) is 0 Å². The van der Waals surface area contributed by atoms with E-state index in [1.165, 1.54) is 0 Å². The number of carboxylic acids is 1. The molecular formula is C13H15NO3. The van der Waals surface area contributed by atoms with Gasteiger partial charge in [-0.05, 0) is 31.9 Å². The van der Waals surface area contributed by atoms with Crippen molar-refractivity contribution in [1.29, 1.82) is 0 Å². The van der Waals surface area contributed by atoms with Crippen LogP contribution in [0.3, 0.4) is 0 Å². The van der Waals surface area contributed by atoms with Gasteiger partial charge in [0.2, 0.25) is 5.91 Å². The monoisotopic (exact) mass is 233 g/mol. The van der Waals surface area contributed by atoms with Crippen LogP contribution in [0.5, 0.6) is 0 Å². The van der Waals surface area contributed by atoms with E-state index in [4.69, 9.17) is 5.11 Å². The summed E-state index contributed by atoms with van der Waals surface area (Å²) in [6.45, 7) is 5.78. The number of nitrogens with one attached hydrogen (secondary N) is 1. The third-order valence-corrected chi connectivity index (χ3v) is 2.30. The number of hydrogen-bond donors (Lipinski definition) is 2. The molecule has 1 aromatic carbocycles. The fraction of sp³-hybridized carbons (Fsp3) is 0.231. The quantitative estimate of drug-likeness (QED) is 0.786. The number of carbonyl (C=O) groups is 2. The van der Waals surface area contributed by atoms with Crippen LogP contribution in [0, 0.1) is 20.8 Å². The standard InChI is InChI=1S/C13H15NO3/c1-8-6-9(2)13(10(3)7-8)14-11(15)4-5-12(16)17/h4-7H,1-3H3,(H,14,15)(H,16,17). The lowest BCUT2D eigenvalue weighted by Gasteiger charge is -2.11. The summed E-state index contributed by atoms with van der Waals surface area (Å²) < 4.78 is 0. The number of amides is 1. The van der Waals surface area contributed by atoms with Crippen molar-refractivity contribution in [2.75, 3.05) is 5.32 Å². The molecule has 0 unspecified atom stereocenters. The van der Waals surface area contributed by atoms with E-state index < -0.39 is 11.9 Å². The fourth-order valence-electron chi connectivity index (χ4n) is 1.69. The van der Waals surface area contributed by atoms with Crippen molar-refractivity contribution < 1.29 is 14.7 Å². The number of anilines is 1. The molecule has 0 saturated heterocycles. The molecule has 0 aliphatic heterocycles. The highest BCUT2D eigenvalue weighted by Crippen LogP contribution is 2.21. The minimum absolute atomic E-state index is 0.442. The number of aliphatic carboxylic acids is 1. The van der Waals surface area contributed by atoms with Crippen molar-refractivity contribution in [3.63, 3.8) is 0 Å². The van der Waals surface area contributed by atoms with E-state index in [2.05, 4.69) is 5.32 Å². The summed E-state index contributed by atoms with van der Waals surface area (Å²) in [5.41, 5.74) is 3.77. The number of benzene rings is 1. The number of aryl methyl sites for hydroxylation is 3. The zero-order valence-electron chi connectivity index (χ0n) is 10.1. The van der Waals surface area contributed by atoms with Crippen LogP contribution in [-0.4, -0.2) is 17.0 Å². The van der Waals surface area contributed by atoms with E-state index in [1.54, 1.807) is 0 Å². The molecule has 1 amide bonds. The van der Waals surface area contributed by atoms with Crippen LogP contribution in [0.25, 0.3) is 0 Å². The lowest BCUT2D eigenvalue weighted by molar-refractivity contribution is -0.131. The Labute approximate surface area is 100.0 Å².